The summed E-state index contributed by atoms with van der Waals surface area (Å²) in [5.41, 5.74) is 3.40. The lowest BCUT2D eigenvalue weighted by Crippen LogP contribution is -1.91. The second kappa shape index (κ2) is 5.32. The Bertz CT molecular complexity index is 534. The normalized spacial score (nSPS) is 10.7. The van der Waals surface area contributed by atoms with Crippen molar-refractivity contribution in [1.82, 2.24) is 4.98 Å². The Morgan fingerprint density at radius 2 is 2.35 bits per heavy atom. The average molecular weight is 248 g/mol. The van der Waals surface area contributed by atoms with E-state index in [9.17, 15) is 0 Å². The first-order valence-electron chi connectivity index (χ1n) is 6.01. The number of rotatable bonds is 5. The number of hydrogen-bond acceptors (Lipinski definition) is 3. The largest absolute Gasteiger partial charge is 0.336 e. The maximum absolute atomic E-state index is 4.52. The van der Waals surface area contributed by atoms with E-state index in [1.54, 1.807) is 11.3 Å². The summed E-state index contributed by atoms with van der Waals surface area (Å²) in [4.78, 5) is 4.52. The van der Waals surface area contributed by atoms with E-state index in [4.69, 9.17) is 0 Å². The lowest BCUT2D eigenvalue weighted by atomic mass is 10.1. The molecule has 92 valence electrons. The topological polar surface area (TPSA) is 24.9 Å². The van der Waals surface area contributed by atoms with Gasteiger partial charge in [0.2, 0.25) is 0 Å². The Hall–Kier alpha value is -1.35. The van der Waals surface area contributed by atoms with Gasteiger partial charge in [0.1, 0.15) is 0 Å². The number of fused-ring (bicyclic) bond motifs is 1. The lowest BCUT2D eigenvalue weighted by molar-refractivity contribution is 0.796. The van der Waals surface area contributed by atoms with Crippen LogP contribution in [0.5, 0.6) is 0 Å². The number of anilines is 1. The molecule has 0 aliphatic heterocycles. The third-order valence-corrected chi connectivity index (χ3v) is 3.53. The van der Waals surface area contributed by atoms with Crippen LogP contribution < -0.4 is 5.32 Å². The van der Waals surface area contributed by atoms with E-state index in [0.29, 0.717) is 0 Å². The number of nitrogens with one attached hydrogen (secondary N) is 1. The number of hydrogen-bond donors (Lipinski definition) is 1. The Morgan fingerprint density at radius 3 is 3.06 bits per heavy atom. The second-order valence-electron chi connectivity index (χ2n) is 4.33. The molecule has 1 aromatic heterocycles. The zero-order valence-corrected chi connectivity index (χ0v) is 11.2. The summed E-state index contributed by atoms with van der Waals surface area (Å²) < 4.78 is 1.25. The van der Waals surface area contributed by atoms with Crippen LogP contribution >= 0.6 is 11.3 Å². The quantitative estimate of drug-likeness (QED) is 0.819. The molecule has 0 aliphatic carbocycles. The molecule has 0 aliphatic rings. The van der Waals surface area contributed by atoms with Crippen molar-refractivity contribution in [2.75, 3.05) is 5.32 Å². The van der Waals surface area contributed by atoms with Crippen LogP contribution in [-0.4, -0.2) is 4.98 Å². The summed E-state index contributed by atoms with van der Waals surface area (Å²) in [6, 6.07) is 6.55. The number of unbranched alkanes of at least 4 members (excludes halogenated alkanes) is 1. The van der Waals surface area contributed by atoms with Gasteiger partial charge in [-0.3, -0.25) is 0 Å². The van der Waals surface area contributed by atoms with Crippen molar-refractivity contribution < 1.29 is 1.43 Å². The molecule has 0 saturated heterocycles. The average Bonchev–Trinajstić information content (AvgIpc) is 2.66. The van der Waals surface area contributed by atoms with E-state index < -0.39 is 0 Å². The van der Waals surface area contributed by atoms with Gasteiger partial charge in [-0.25, -0.2) is 4.98 Å². The molecule has 0 saturated carbocycles. The molecule has 17 heavy (non-hydrogen) atoms. The molecular weight excluding hydrogens is 228 g/mol. The van der Waals surface area contributed by atoms with Gasteiger partial charge in [-0.1, -0.05) is 37.3 Å². The van der Waals surface area contributed by atoms with E-state index in [0.717, 1.165) is 22.8 Å². The molecule has 0 fully saturated rings. The van der Waals surface area contributed by atoms with Crippen LogP contribution in [0, 0.1) is 0 Å². The Labute approximate surface area is 108 Å². The lowest BCUT2D eigenvalue weighted by Gasteiger charge is -1.98. The van der Waals surface area contributed by atoms with E-state index in [1.165, 1.54) is 23.1 Å². The second-order valence-corrected chi connectivity index (χ2v) is 5.36. The summed E-state index contributed by atoms with van der Waals surface area (Å²) in [5, 5.41) is 4.10. The van der Waals surface area contributed by atoms with Gasteiger partial charge in [0.15, 0.2) is 5.13 Å². The first-order valence-corrected chi connectivity index (χ1v) is 6.82. The van der Waals surface area contributed by atoms with Crippen molar-refractivity contribution in [1.29, 1.82) is 0 Å². The summed E-state index contributed by atoms with van der Waals surface area (Å²) >= 11 is 1.69. The Morgan fingerprint density at radius 1 is 1.53 bits per heavy atom. The minimum Gasteiger partial charge on any atom is -0.336 e. The molecule has 3 heteroatoms. The molecule has 0 unspecified atom stereocenters. The zero-order chi connectivity index (χ0) is 12.3. The monoisotopic (exact) mass is 248 g/mol. The predicted octanol–water partition coefficient (Wildman–Crippen LogP) is 4.83. The fraction of sp³-hybridized carbons (Fsp3) is 0.357. The van der Waals surface area contributed by atoms with Gasteiger partial charge in [-0.2, -0.15) is 0 Å². The van der Waals surface area contributed by atoms with Crippen molar-refractivity contribution in [3.8, 4) is 0 Å². The summed E-state index contributed by atoms with van der Waals surface area (Å²) in [6.45, 7) is 8.00. The fourth-order valence-corrected chi connectivity index (χ4v) is 2.75. The maximum atomic E-state index is 4.52. The highest BCUT2D eigenvalue weighted by atomic mass is 32.1. The van der Waals surface area contributed by atoms with Crippen LogP contribution in [0.2, 0.25) is 0 Å². The first kappa shape index (κ1) is 12.1. The number of benzene rings is 1. The molecule has 2 aromatic rings. The molecule has 2 nitrogen and oxygen atoms in total. The van der Waals surface area contributed by atoms with E-state index in [1.807, 2.05) is 6.92 Å². The van der Waals surface area contributed by atoms with Crippen molar-refractivity contribution in [2.45, 2.75) is 33.1 Å². The van der Waals surface area contributed by atoms with Crippen LogP contribution in [-0.2, 0) is 6.42 Å². The molecule has 0 atom stereocenters. The van der Waals surface area contributed by atoms with Crippen LogP contribution in [0.25, 0.3) is 10.2 Å². The molecular formula is C14H20N2S. The minimum atomic E-state index is 0. The zero-order valence-electron chi connectivity index (χ0n) is 10.4. The molecule has 0 radical (unpaired) electrons. The van der Waals surface area contributed by atoms with Crippen molar-refractivity contribution in [3.63, 3.8) is 0 Å². The van der Waals surface area contributed by atoms with E-state index in [2.05, 4.69) is 42.0 Å². The number of aryl methyl sites for hydroxylation is 1. The van der Waals surface area contributed by atoms with Crippen molar-refractivity contribution in [2.24, 2.45) is 0 Å². The molecule has 1 N–H and O–H groups in total. The van der Waals surface area contributed by atoms with Gasteiger partial charge in [0.05, 0.1) is 10.2 Å². The highest BCUT2D eigenvalue weighted by molar-refractivity contribution is 7.22. The summed E-state index contributed by atoms with van der Waals surface area (Å²) in [7, 11) is 0. The van der Waals surface area contributed by atoms with Crippen LogP contribution in [0.3, 0.4) is 0 Å². The van der Waals surface area contributed by atoms with Crippen LogP contribution in [0.4, 0.5) is 5.13 Å². The third kappa shape index (κ3) is 3.07. The predicted molar refractivity (Wildman–Crippen MR) is 78.8 cm³/mol. The van der Waals surface area contributed by atoms with Gasteiger partial charge in [-0.15, -0.1) is 0 Å². The van der Waals surface area contributed by atoms with Crippen molar-refractivity contribution in [3.05, 3.63) is 36.0 Å². The number of thiazole rings is 1. The smallest absolute Gasteiger partial charge is 0.188 e. The molecule has 0 amide bonds. The highest BCUT2D eigenvalue weighted by Gasteiger charge is 2.04. The van der Waals surface area contributed by atoms with E-state index in [-0.39, 0.29) is 1.43 Å². The fourth-order valence-electron chi connectivity index (χ4n) is 1.74. The highest BCUT2D eigenvalue weighted by Crippen LogP contribution is 2.27. The number of aromatic nitrogens is 1. The minimum absolute atomic E-state index is 0. The summed E-state index contributed by atoms with van der Waals surface area (Å²) in [6.07, 6.45) is 3.65. The van der Waals surface area contributed by atoms with Crippen LogP contribution in [0.1, 0.15) is 33.7 Å². The molecule has 0 bridgehead atoms. The third-order valence-electron chi connectivity index (χ3n) is 2.59. The standard InChI is InChI=1S/C14H18N2S.H2/c1-4-5-6-11-7-8-12-13(9-11)17-14(16-12)15-10(2)3;/h7-9H,2,4-6H2,1,3H3,(H,15,16);1H. The molecule has 1 aromatic carbocycles. The van der Waals surface area contributed by atoms with Gasteiger partial charge >= 0.3 is 0 Å². The first-order chi connectivity index (χ1) is 8.19. The van der Waals surface area contributed by atoms with E-state index >= 15 is 0 Å². The summed E-state index contributed by atoms with van der Waals surface area (Å²) in [5.74, 6) is 0. The number of allylic oxidation sites excluding steroid dienone is 1. The Balaban J connectivity index is 0.00000162. The molecule has 1 heterocycles. The molecule has 2 rings (SSSR count). The van der Waals surface area contributed by atoms with Gasteiger partial charge in [0.25, 0.3) is 0 Å². The SMILES string of the molecule is C=C(C)Nc1nc2ccc(CCCC)cc2s1.[HH]. The maximum Gasteiger partial charge on any atom is 0.188 e. The van der Waals surface area contributed by atoms with Crippen molar-refractivity contribution >= 4 is 26.7 Å². The molecule has 0 spiro atoms. The Kier molecular flexibility index (Phi) is 3.79. The van der Waals surface area contributed by atoms with Gasteiger partial charge < -0.3 is 5.32 Å². The van der Waals surface area contributed by atoms with Gasteiger partial charge in [0, 0.05) is 7.12 Å². The number of nitrogens with zero attached hydrogens (tertiary/aromatic N) is 1. The van der Waals surface area contributed by atoms with Crippen LogP contribution in [0.15, 0.2) is 30.5 Å². The van der Waals surface area contributed by atoms with Gasteiger partial charge in [-0.05, 0) is 37.5 Å².